The number of hydrogen-bond acceptors (Lipinski definition) is 2. The van der Waals surface area contributed by atoms with E-state index in [1.165, 1.54) is 19.6 Å². The Morgan fingerprint density at radius 2 is 1.80 bits per heavy atom. The van der Waals surface area contributed by atoms with Crippen LogP contribution in [0.5, 0.6) is 0 Å². The van der Waals surface area contributed by atoms with Crippen LogP contribution in [0.1, 0.15) is 6.42 Å². The van der Waals surface area contributed by atoms with Gasteiger partial charge in [0.15, 0.2) is 0 Å². The van der Waals surface area contributed by atoms with E-state index in [2.05, 4.69) is 48.6 Å². The fourth-order valence-electron chi connectivity index (χ4n) is 1.64. The summed E-state index contributed by atoms with van der Waals surface area (Å²) in [5.41, 5.74) is 1.41. The summed E-state index contributed by atoms with van der Waals surface area (Å²) in [5.74, 6) is 0. The number of thioether (sulfide) groups is 2. The van der Waals surface area contributed by atoms with Crippen LogP contribution in [0, 0.1) is 0 Å². The first-order chi connectivity index (χ1) is 7.42. The molecule has 0 fully saturated rings. The van der Waals surface area contributed by atoms with Crippen molar-refractivity contribution in [2.75, 3.05) is 0 Å². The molecule has 1 aromatic rings. The van der Waals surface area contributed by atoms with Crippen LogP contribution in [0.25, 0.3) is 0 Å². The molecular weight excluding hydrogens is 220 g/mol. The summed E-state index contributed by atoms with van der Waals surface area (Å²) in [4.78, 5) is 2.78. The van der Waals surface area contributed by atoms with Gasteiger partial charge < -0.3 is 0 Å². The van der Waals surface area contributed by atoms with Gasteiger partial charge in [0.05, 0.1) is 4.24 Å². The first-order valence-corrected chi connectivity index (χ1v) is 6.57. The molecule has 0 nitrogen and oxygen atoms in total. The van der Waals surface area contributed by atoms with Crippen LogP contribution in [0.2, 0.25) is 0 Å². The Labute approximate surface area is 98.2 Å². The van der Waals surface area contributed by atoms with Gasteiger partial charge in [0.25, 0.3) is 0 Å². The Kier molecular flexibility index (Phi) is 2.47. The lowest BCUT2D eigenvalue weighted by Gasteiger charge is -1.95. The zero-order valence-electron chi connectivity index (χ0n) is 8.14. The van der Waals surface area contributed by atoms with E-state index in [1.54, 1.807) is 0 Å². The van der Waals surface area contributed by atoms with Crippen molar-refractivity contribution < 1.29 is 0 Å². The molecule has 0 aromatic heterocycles. The van der Waals surface area contributed by atoms with Gasteiger partial charge in [-0.05, 0) is 30.2 Å². The minimum Gasteiger partial charge on any atom is -0.0815 e. The van der Waals surface area contributed by atoms with Crippen LogP contribution in [-0.4, -0.2) is 0 Å². The molecule has 0 saturated carbocycles. The maximum absolute atomic E-state index is 2.30. The SMILES string of the molecule is C1=CCC(C=C2Sc3ccccc3S2)=C1. The molecule has 2 heteroatoms. The van der Waals surface area contributed by atoms with E-state index in [0.29, 0.717) is 0 Å². The number of hydrogen-bond donors (Lipinski definition) is 0. The Balaban J connectivity index is 1.84. The molecule has 0 unspecified atom stereocenters. The quantitative estimate of drug-likeness (QED) is 0.691. The van der Waals surface area contributed by atoms with E-state index in [4.69, 9.17) is 0 Å². The molecule has 1 aliphatic carbocycles. The monoisotopic (exact) mass is 230 g/mol. The van der Waals surface area contributed by atoms with Crippen molar-refractivity contribution in [2.45, 2.75) is 16.2 Å². The zero-order valence-corrected chi connectivity index (χ0v) is 9.78. The normalized spacial score (nSPS) is 17.9. The first kappa shape index (κ1) is 9.37. The van der Waals surface area contributed by atoms with E-state index in [-0.39, 0.29) is 0 Å². The van der Waals surface area contributed by atoms with Crippen molar-refractivity contribution in [1.29, 1.82) is 0 Å². The summed E-state index contributed by atoms with van der Waals surface area (Å²) in [6, 6.07) is 8.59. The molecule has 0 saturated heterocycles. The second kappa shape index (κ2) is 3.95. The summed E-state index contributed by atoms with van der Waals surface area (Å²) < 4.78 is 1.39. The summed E-state index contributed by atoms with van der Waals surface area (Å²) in [6.07, 6.45) is 9.90. The van der Waals surface area contributed by atoms with Crippen LogP contribution in [-0.2, 0) is 0 Å². The topological polar surface area (TPSA) is 0 Å². The van der Waals surface area contributed by atoms with Gasteiger partial charge in [-0.3, -0.25) is 0 Å². The third-order valence-corrected chi connectivity index (χ3v) is 4.79. The van der Waals surface area contributed by atoms with Gasteiger partial charge in [0.2, 0.25) is 0 Å². The number of allylic oxidation sites excluding steroid dienone is 5. The molecule has 0 radical (unpaired) electrons. The van der Waals surface area contributed by atoms with Crippen LogP contribution in [0.3, 0.4) is 0 Å². The average molecular weight is 230 g/mol. The minimum atomic E-state index is 1.08. The molecule has 0 bridgehead atoms. The van der Waals surface area contributed by atoms with Gasteiger partial charge in [-0.1, -0.05) is 53.9 Å². The van der Waals surface area contributed by atoms with Crippen molar-refractivity contribution in [2.24, 2.45) is 0 Å². The molecule has 74 valence electrons. The lowest BCUT2D eigenvalue weighted by atomic mass is 10.2. The minimum absolute atomic E-state index is 1.08. The zero-order chi connectivity index (χ0) is 10.1. The third kappa shape index (κ3) is 1.92. The summed E-state index contributed by atoms with van der Waals surface area (Å²) in [7, 11) is 0. The van der Waals surface area contributed by atoms with Gasteiger partial charge in [-0.15, -0.1) is 0 Å². The van der Waals surface area contributed by atoms with E-state index in [9.17, 15) is 0 Å². The molecule has 1 aromatic carbocycles. The molecule has 15 heavy (non-hydrogen) atoms. The fraction of sp³-hybridized carbons (Fsp3) is 0.0769. The summed E-state index contributed by atoms with van der Waals surface area (Å²) in [5, 5.41) is 0. The van der Waals surface area contributed by atoms with E-state index in [0.717, 1.165) is 6.42 Å². The Bertz CT molecular complexity index is 454. The second-order valence-electron chi connectivity index (χ2n) is 3.49. The molecule has 2 aliphatic rings. The number of fused-ring (bicyclic) bond motifs is 1. The number of rotatable bonds is 1. The predicted octanol–water partition coefficient (Wildman–Crippen LogP) is 4.61. The highest BCUT2D eigenvalue weighted by atomic mass is 32.2. The smallest absolute Gasteiger partial charge is 0.0502 e. The van der Waals surface area contributed by atoms with E-state index >= 15 is 0 Å². The average Bonchev–Trinajstić information content (AvgIpc) is 2.86. The molecular formula is C13H10S2. The molecule has 1 aliphatic heterocycles. The standard InChI is InChI=1S/C13H10S2/c1-2-6-10(5-1)9-13-14-11-7-3-4-8-12(11)15-13/h1-5,7-9H,6H2. The highest BCUT2D eigenvalue weighted by Gasteiger charge is 2.16. The van der Waals surface area contributed by atoms with Crippen LogP contribution >= 0.6 is 23.5 Å². The van der Waals surface area contributed by atoms with Gasteiger partial charge in [-0.25, -0.2) is 0 Å². The van der Waals surface area contributed by atoms with Crippen molar-refractivity contribution in [3.63, 3.8) is 0 Å². The Morgan fingerprint density at radius 3 is 2.40 bits per heavy atom. The summed E-state index contributed by atoms with van der Waals surface area (Å²) >= 11 is 3.76. The Hall–Kier alpha value is -0.860. The van der Waals surface area contributed by atoms with Gasteiger partial charge >= 0.3 is 0 Å². The predicted molar refractivity (Wildman–Crippen MR) is 68.1 cm³/mol. The maximum atomic E-state index is 2.30. The highest BCUT2D eigenvalue weighted by Crippen LogP contribution is 2.51. The lowest BCUT2D eigenvalue weighted by Crippen LogP contribution is -1.70. The van der Waals surface area contributed by atoms with Gasteiger partial charge in [0.1, 0.15) is 0 Å². The van der Waals surface area contributed by atoms with Crippen molar-refractivity contribution >= 4 is 23.5 Å². The maximum Gasteiger partial charge on any atom is 0.0502 e. The molecule has 0 amide bonds. The van der Waals surface area contributed by atoms with Crippen LogP contribution in [0.4, 0.5) is 0 Å². The molecule has 0 atom stereocenters. The highest BCUT2D eigenvalue weighted by molar-refractivity contribution is 8.24. The molecule has 1 heterocycles. The summed E-state index contributed by atoms with van der Waals surface area (Å²) in [6.45, 7) is 0. The van der Waals surface area contributed by atoms with Gasteiger partial charge in [0, 0.05) is 9.79 Å². The van der Waals surface area contributed by atoms with E-state index < -0.39 is 0 Å². The molecule has 3 rings (SSSR count). The Morgan fingerprint density at radius 1 is 1.07 bits per heavy atom. The van der Waals surface area contributed by atoms with Gasteiger partial charge in [-0.2, -0.15) is 0 Å². The van der Waals surface area contributed by atoms with Crippen LogP contribution in [0.15, 0.2) is 68.2 Å². The fourth-order valence-corrected chi connectivity index (χ4v) is 4.08. The third-order valence-electron chi connectivity index (χ3n) is 2.37. The molecule has 0 N–H and O–H groups in total. The van der Waals surface area contributed by atoms with Crippen LogP contribution < -0.4 is 0 Å². The number of benzene rings is 1. The second-order valence-corrected chi connectivity index (χ2v) is 5.91. The van der Waals surface area contributed by atoms with Crippen molar-refractivity contribution in [3.8, 4) is 0 Å². The van der Waals surface area contributed by atoms with Crippen molar-refractivity contribution in [1.82, 2.24) is 0 Å². The van der Waals surface area contributed by atoms with E-state index in [1.807, 2.05) is 23.5 Å². The first-order valence-electron chi connectivity index (χ1n) is 4.94. The molecule has 0 spiro atoms. The largest absolute Gasteiger partial charge is 0.0815 e. The lowest BCUT2D eigenvalue weighted by molar-refractivity contribution is 1.27. The van der Waals surface area contributed by atoms with Crippen molar-refractivity contribution in [3.05, 3.63) is 58.4 Å².